The topological polar surface area (TPSA) is 111 Å². The van der Waals surface area contributed by atoms with Crippen LogP contribution in [0.1, 0.15) is 37.0 Å². The summed E-state index contributed by atoms with van der Waals surface area (Å²) in [5.74, 6) is -1.70. The van der Waals surface area contributed by atoms with Crippen molar-refractivity contribution in [3.05, 3.63) is 60.2 Å². The summed E-state index contributed by atoms with van der Waals surface area (Å²) in [4.78, 5) is 47.4. The zero-order valence-corrected chi connectivity index (χ0v) is 17.6. The van der Waals surface area contributed by atoms with Crippen LogP contribution in [0, 0.1) is 5.92 Å². The van der Waals surface area contributed by atoms with Gasteiger partial charge in [0.05, 0.1) is 18.6 Å². The summed E-state index contributed by atoms with van der Waals surface area (Å²) in [5.41, 5.74) is 1.46. The predicted molar refractivity (Wildman–Crippen MR) is 115 cm³/mol. The molecule has 2 amide bonds. The molecule has 0 unspecified atom stereocenters. The Kier molecular flexibility index (Phi) is 9.22. The van der Waals surface area contributed by atoms with E-state index in [0.29, 0.717) is 23.5 Å². The summed E-state index contributed by atoms with van der Waals surface area (Å²) in [5, 5.41) is 5.23. The number of amides is 2. The van der Waals surface area contributed by atoms with E-state index in [4.69, 9.17) is 9.47 Å². The third kappa shape index (κ3) is 9.12. The van der Waals surface area contributed by atoms with Crippen molar-refractivity contribution in [3.63, 3.8) is 0 Å². The molecule has 0 radical (unpaired) electrons. The van der Waals surface area contributed by atoms with Crippen LogP contribution in [0.2, 0.25) is 0 Å². The van der Waals surface area contributed by atoms with Gasteiger partial charge in [-0.25, -0.2) is 4.79 Å². The first kappa shape index (κ1) is 23.6. The van der Waals surface area contributed by atoms with E-state index in [-0.39, 0.29) is 24.7 Å². The highest BCUT2D eigenvalue weighted by atomic mass is 16.5. The first-order valence-electron chi connectivity index (χ1n) is 9.91. The molecule has 164 valence electrons. The number of benzene rings is 2. The zero-order valence-electron chi connectivity index (χ0n) is 17.6. The molecule has 2 N–H and O–H groups in total. The maximum Gasteiger partial charge on any atom is 0.338 e. The van der Waals surface area contributed by atoms with Crippen molar-refractivity contribution in [2.75, 3.05) is 23.8 Å². The monoisotopic (exact) mass is 426 g/mol. The number of hydrogen-bond acceptors (Lipinski definition) is 6. The highest BCUT2D eigenvalue weighted by Gasteiger charge is 2.12. The van der Waals surface area contributed by atoms with Crippen LogP contribution in [0.5, 0.6) is 0 Å². The minimum atomic E-state index is -0.651. The van der Waals surface area contributed by atoms with Gasteiger partial charge in [0, 0.05) is 17.8 Å². The average Bonchev–Trinajstić information content (AvgIpc) is 2.76. The number of rotatable bonds is 10. The fourth-order valence-electron chi connectivity index (χ4n) is 2.39. The van der Waals surface area contributed by atoms with Crippen LogP contribution in [-0.2, 0) is 23.9 Å². The van der Waals surface area contributed by atoms with Crippen LogP contribution in [0.4, 0.5) is 11.4 Å². The van der Waals surface area contributed by atoms with Gasteiger partial charge in [-0.15, -0.1) is 0 Å². The number of ether oxygens (including phenoxy) is 2. The molecule has 0 aromatic heterocycles. The summed E-state index contributed by atoms with van der Waals surface area (Å²) in [6.45, 7) is 3.74. The summed E-state index contributed by atoms with van der Waals surface area (Å²) < 4.78 is 10.0. The molecule has 8 heteroatoms. The normalized spacial score (nSPS) is 10.3. The Balaban J connectivity index is 1.68. The van der Waals surface area contributed by atoms with E-state index in [1.165, 1.54) is 12.1 Å². The van der Waals surface area contributed by atoms with Crippen LogP contribution in [0.15, 0.2) is 54.6 Å². The first-order chi connectivity index (χ1) is 14.8. The van der Waals surface area contributed by atoms with E-state index < -0.39 is 24.5 Å². The molecular weight excluding hydrogens is 400 g/mol. The molecule has 0 spiro atoms. The third-order valence-electron chi connectivity index (χ3n) is 3.93. The quantitative estimate of drug-likeness (QED) is 0.564. The van der Waals surface area contributed by atoms with E-state index in [1.807, 2.05) is 19.9 Å². The fraction of sp³-hybridized carbons (Fsp3) is 0.304. The second kappa shape index (κ2) is 12.1. The van der Waals surface area contributed by atoms with Gasteiger partial charge in [-0.1, -0.05) is 32.0 Å². The van der Waals surface area contributed by atoms with Gasteiger partial charge in [0.1, 0.15) is 0 Å². The molecule has 0 aliphatic heterocycles. The largest absolute Gasteiger partial charge is 0.462 e. The standard InChI is InChI=1S/C23H26N2O6/c1-16(2)14-31-23(29)17-8-10-19(11-9-17)25-21(27)15-30-22(28)13-12-20(26)24-18-6-4-3-5-7-18/h3-11,16H,12-15H2,1-2H3,(H,24,26)(H,25,27). The van der Waals surface area contributed by atoms with Crippen molar-refractivity contribution < 1.29 is 28.7 Å². The highest BCUT2D eigenvalue weighted by molar-refractivity contribution is 5.95. The molecule has 2 aromatic carbocycles. The third-order valence-corrected chi connectivity index (χ3v) is 3.93. The molecule has 0 aliphatic carbocycles. The number of para-hydroxylation sites is 1. The summed E-state index contributed by atoms with van der Waals surface area (Å²) in [6, 6.07) is 15.1. The zero-order chi connectivity index (χ0) is 22.6. The number of hydrogen-bond donors (Lipinski definition) is 2. The Morgan fingerprint density at radius 1 is 0.774 bits per heavy atom. The van der Waals surface area contributed by atoms with E-state index >= 15 is 0 Å². The SMILES string of the molecule is CC(C)COC(=O)c1ccc(NC(=O)COC(=O)CCC(=O)Nc2ccccc2)cc1. The van der Waals surface area contributed by atoms with Crippen molar-refractivity contribution in [2.24, 2.45) is 5.92 Å². The number of esters is 2. The minimum absolute atomic E-state index is 0.0519. The Hall–Kier alpha value is -3.68. The number of nitrogens with one attached hydrogen (secondary N) is 2. The molecule has 0 heterocycles. The van der Waals surface area contributed by atoms with Crippen LogP contribution < -0.4 is 10.6 Å². The van der Waals surface area contributed by atoms with E-state index in [0.717, 1.165) is 0 Å². The van der Waals surface area contributed by atoms with Crippen LogP contribution in [-0.4, -0.2) is 37.0 Å². The van der Waals surface area contributed by atoms with E-state index in [1.54, 1.807) is 36.4 Å². The lowest BCUT2D eigenvalue weighted by Crippen LogP contribution is -2.21. The lowest BCUT2D eigenvalue weighted by atomic mass is 10.2. The van der Waals surface area contributed by atoms with Gasteiger partial charge >= 0.3 is 11.9 Å². The summed E-state index contributed by atoms with van der Waals surface area (Å²) >= 11 is 0. The lowest BCUT2D eigenvalue weighted by Gasteiger charge is -2.09. The number of anilines is 2. The molecule has 8 nitrogen and oxygen atoms in total. The summed E-state index contributed by atoms with van der Waals surface area (Å²) in [7, 11) is 0. The van der Waals surface area contributed by atoms with Gasteiger partial charge in [0.25, 0.3) is 5.91 Å². The first-order valence-corrected chi connectivity index (χ1v) is 9.91. The number of carbonyl (C=O) groups is 4. The van der Waals surface area contributed by atoms with Crippen molar-refractivity contribution in [1.82, 2.24) is 0 Å². The Morgan fingerprint density at radius 2 is 1.39 bits per heavy atom. The Labute approximate surface area is 180 Å². The second-order valence-corrected chi connectivity index (χ2v) is 7.19. The Bertz CT molecular complexity index is 894. The van der Waals surface area contributed by atoms with Crippen LogP contribution in [0.3, 0.4) is 0 Å². The lowest BCUT2D eigenvalue weighted by molar-refractivity contribution is -0.147. The minimum Gasteiger partial charge on any atom is -0.462 e. The molecule has 2 aromatic rings. The molecule has 0 bridgehead atoms. The van der Waals surface area contributed by atoms with E-state index in [9.17, 15) is 19.2 Å². The van der Waals surface area contributed by atoms with Crippen molar-refractivity contribution in [1.29, 1.82) is 0 Å². The molecule has 0 saturated carbocycles. The van der Waals surface area contributed by atoms with Crippen molar-refractivity contribution >= 4 is 35.1 Å². The van der Waals surface area contributed by atoms with Crippen LogP contribution in [0.25, 0.3) is 0 Å². The molecule has 0 aliphatic rings. The molecule has 2 rings (SSSR count). The fourth-order valence-corrected chi connectivity index (χ4v) is 2.39. The van der Waals surface area contributed by atoms with Gasteiger partial charge < -0.3 is 20.1 Å². The van der Waals surface area contributed by atoms with Gasteiger partial charge in [-0.2, -0.15) is 0 Å². The smallest absolute Gasteiger partial charge is 0.338 e. The van der Waals surface area contributed by atoms with E-state index in [2.05, 4.69) is 10.6 Å². The maximum absolute atomic E-state index is 11.9. The molecule has 0 fully saturated rings. The predicted octanol–water partition coefficient (Wildman–Crippen LogP) is 3.40. The highest BCUT2D eigenvalue weighted by Crippen LogP contribution is 2.11. The van der Waals surface area contributed by atoms with Crippen molar-refractivity contribution in [2.45, 2.75) is 26.7 Å². The molecule has 0 atom stereocenters. The molecular formula is C23H26N2O6. The maximum atomic E-state index is 11.9. The average molecular weight is 426 g/mol. The number of carbonyl (C=O) groups excluding carboxylic acids is 4. The van der Waals surface area contributed by atoms with Gasteiger partial charge in [-0.05, 0) is 42.3 Å². The van der Waals surface area contributed by atoms with Gasteiger partial charge in [0.2, 0.25) is 5.91 Å². The Morgan fingerprint density at radius 3 is 2.03 bits per heavy atom. The molecule has 0 saturated heterocycles. The van der Waals surface area contributed by atoms with Gasteiger partial charge in [0.15, 0.2) is 6.61 Å². The van der Waals surface area contributed by atoms with Crippen LogP contribution >= 0.6 is 0 Å². The molecule has 31 heavy (non-hydrogen) atoms. The second-order valence-electron chi connectivity index (χ2n) is 7.19. The summed E-state index contributed by atoms with van der Waals surface area (Å²) in [6.07, 6.45) is -0.192. The van der Waals surface area contributed by atoms with Gasteiger partial charge in [-0.3, -0.25) is 14.4 Å². The van der Waals surface area contributed by atoms with Crippen molar-refractivity contribution in [3.8, 4) is 0 Å².